The highest BCUT2D eigenvalue weighted by Gasteiger charge is 2.16. The zero-order valence-electron chi connectivity index (χ0n) is 13.8. The molecule has 24 heavy (non-hydrogen) atoms. The molecule has 6 nitrogen and oxygen atoms in total. The van der Waals surface area contributed by atoms with Crippen LogP contribution in [0.25, 0.3) is 21.6 Å². The fourth-order valence-electron chi connectivity index (χ4n) is 2.52. The van der Waals surface area contributed by atoms with Crippen molar-refractivity contribution >= 4 is 28.1 Å². The van der Waals surface area contributed by atoms with Crippen molar-refractivity contribution in [2.45, 2.75) is 6.29 Å². The number of carbonyl (C=O) groups excluding carboxylic acids is 1. The fourth-order valence-corrected chi connectivity index (χ4v) is 3.37. The maximum Gasteiger partial charge on any atom is 0.270 e. The van der Waals surface area contributed by atoms with Crippen LogP contribution in [-0.4, -0.2) is 42.5 Å². The molecule has 0 unspecified atom stereocenters. The molecule has 0 spiro atoms. The molecule has 2 aromatic heterocycles. The Labute approximate surface area is 144 Å². The smallest absolute Gasteiger partial charge is 0.270 e. The molecule has 1 amide bonds. The summed E-state index contributed by atoms with van der Waals surface area (Å²) in [6.45, 7) is 0.271. The summed E-state index contributed by atoms with van der Waals surface area (Å²) >= 11 is 1.45. The van der Waals surface area contributed by atoms with Crippen molar-refractivity contribution in [1.82, 2.24) is 14.9 Å². The standard InChI is InChI=1S/C17H19N3O3S/c1-20-13-7-5-4-6-11(13)8-14(20)17-19-12(10-24-17)16(21)18-9-15(22-2)23-3/h4-8,10,15H,9H2,1-3H3,(H,18,21). The van der Waals surface area contributed by atoms with Crippen LogP contribution in [0.3, 0.4) is 0 Å². The van der Waals surface area contributed by atoms with E-state index in [1.165, 1.54) is 25.6 Å². The molecule has 0 saturated carbocycles. The first-order chi connectivity index (χ1) is 11.6. The van der Waals surface area contributed by atoms with Gasteiger partial charge in [0.2, 0.25) is 0 Å². The highest BCUT2D eigenvalue weighted by molar-refractivity contribution is 7.13. The van der Waals surface area contributed by atoms with E-state index in [0.717, 1.165) is 21.6 Å². The molecule has 1 aromatic carbocycles. The van der Waals surface area contributed by atoms with Gasteiger partial charge in [0, 0.05) is 37.6 Å². The van der Waals surface area contributed by atoms with Crippen LogP contribution in [0, 0.1) is 0 Å². The number of aromatic nitrogens is 2. The van der Waals surface area contributed by atoms with Gasteiger partial charge in [-0.15, -0.1) is 11.3 Å². The minimum atomic E-state index is -0.467. The predicted octanol–water partition coefficient (Wildman–Crippen LogP) is 2.65. The Morgan fingerprint density at radius 2 is 2.08 bits per heavy atom. The van der Waals surface area contributed by atoms with Gasteiger partial charge >= 0.3 is 0 Å². The number of para-hydroxylation sites is 1. The van der Waals surface area contributed by atoms with E-state index in [1.807, 2.05) is 19.2 Å². The van der Waals surface area contributed by atoms with Crippen molar-refractivity contribution < 1.29 is 14.3 Å². The van der Waals surface area contributed by atoms with E-state index in [2.05, 4.69) is 33.1 Å². The topological polar surface area (TPSA) is 65.4 Å². The molecule has 0 aliphatic carbocycles. The van der Waals surface area contributed by atoms with Crippen molar-refractivity contribution in [1.29, 1.82) is 0 Å². The Morgan fingerprint density at radius 3 is 2.79 bits per heavy atom. The fraction of sp³-hybridized carbons (Fsp3) is 0.294. The van der Waals surface area contributed by atoms with Gasteiger partial charge in [0.1, 0.15) is 10.7 Å². The Bertz CT molecular complexity index is 852. The molecule has 0 aliphatic heterocycles. The zero-order valence-corrected chi connectivity index (χ0v) is 14.6. The first-order valence-electron chi connectivity index (χ1n) is 7.48. The number of amides is 1. The van der Waals surface area contributed by atoms with Crippen LogP contribution in [0.4, 0.5) is 0 Å². The molecule has 7 heteroatoms. The lowest BCUT2D eigenvalue weighted by Crippen LogP contribution is -2.34. The Balaban J connectivity index is 1.79. The third-order valence-electron chi connectivity index (χ3n) is 3.86. The van der Waals surface area contributed by atoms with E-state index in [1.54, 1.807) is 5.38 Å². The summed E-state index contributed by atoms with van der Waals surface area (Å²) in [6, 6.07) is 10.2. The highest BCUT2D eigenvalue weighted by Crippen LogP contribution is 2.29. The second-order valence-electron chi connectivity index (χ2n) is 5.30. The maximum absolute atomic E-state index is 12.2. The van der Waals surface area contributed by atoms with E-state index in [0.29, 0.717) is 5.69 Å². The van der Waals surface area contributed by atoms with Crippen molar-refractivity contribution in [3.63, 3.8) is 0 Å². The number of carbonyl (C=O) groups is 1. The molecular formula is C17H19N3O3S. The number of rotatable bonds is 6. The van der Waals surface area contributed by atoms with Crippen LogP contribution in [0.1, 0.15) is 10.5 Å². The number of methoxy groups -OCH3 is 2. The van der Waals surface area contributed by atoms with Crippen molar-refractivity contribution in [2.24, 2.45) is 7.05 Å². The van der Waals surface area contributed by atoms with Crippen LogP contribution >= 0.6 is 11.3 Å². The number of ether oxygens (including phenoxy) is 2. The van der Waals surface area contributed by atoms with E-state index in [4.69, 9.17) is 9.47 Å². The van der Waals surface area contributed by atoms with Gasteiger partial charge in [-0.3, -0.25) is 4.79 Å². The van der Waals surface area contributed by atoms with Gasteiger partial charge in [-0.1, -0.05) is 18.2 Å². The van der Waals surface area contributed by atoms with Crippen LogP contribution in [0.2, 0.25) is 0 Å². The van der Waals surface area contributed by atoms with Gasteiger partial charge in [0.05, 0.1) is 12.2 Å². The average molecular weight is 345 g/mol. The molecular weight excluding hydrogens is 326 g/mol. The Morgan fingerprint density at radius 1 is 1.33 bits per heavy atom. The summed E-state index contributed by atoms with van der Waals surface area (Å²) in [5.41, 5.74) is 2.52. The molecule has 3 aromatic rings. The van der Waals surface area contributed by atoms with E-state index in [9.17, 15) is 4.79 Å². The minimum Gasteiger partial charge on any atom is -0.354 e. The molecule has 0 saturated heterocycles. The van der Waals surface area contributed by atoms with Crippen molar-refractivity contribution in [3.05, 3.63) is 41.4 Å². The van der Waals surface area contributed by atoms with Crippen molar-refractivity contribution in [2.75, 3.05) is 20.8 Å². The van der Waals surface area contributed by atoms with Gasteiger partial charge in [0.15, 0.2) is 6.29 Å². The van der Waals surface area contributed by atoms with Gasteiger partial charge in [-0.2, -0.15) is 0 Å². The largest absolute Gasteiger partial charge is 0.354 e. The quantitative estimate of drug-likeness (QED) is 0.698. The molecule has 0 aliphatic rings. The van der Waals surface area contributed by atoms with Gasteiger partial charge < -0.3 is 19.4 Å². The third-order valence-corrected chi connectivity index (χ3v) is 4.73. The summed E-state index contributed by atoms with van der Waals surface area (Å²) in [6.07, 6.45) is -0.467. The number of benzene rings is 1. The summed E-state index contributed by atoms with van der Waals surface area (Å²) in [5.74, 6) is -0.240. The van der Waals surface area contributed by atoms with Crippen LogP contribution in [0.5, 0.6) is 0 Å². The summed E-state index contributed by atoms with van der Waals surface area (Å²) in [5, 5.41) is 6.48. The normalized spacial score (nSPS) is 11.3. The molecule has 126 valence electrons. The lowest BCUT2D eigenvalue weighted by atomic mass is 10.2. The zero-order chi connectivity index (χ0) is 17.1. The van der Waals surface area contributed by atoms with Gasteiger partial charge in [-0.25, -0.2) is 4.98 Å². The second-order valence-corrected chi connectivity index (χ2v) is 6.15. The van der Waals surface area contributed by atoms with Crippen LogP contribution in [-0.2, 0) is 16.5 Å². The van der Waals surface area contributed by atoms with Gasteiger partial charge in [0.25, 0.3) is 5.91 Å². The molecule has 0 bridgehead atoms. The first kappa shape index (κ1) is 16.6. The minimum absolute atomic E-state index is 0.240. The number of thiazole rings is 1. The molecule has 1 N–H and O–H groups in total. The average Bonchev–Trinajstić information content (AvgIpc) is 3.21. The summed E-state index contributed by atoms with van der Waals surface area (Å²) in [4.78, 5) is 16.7. The predicted molar refractivity (Wildman–Crippen MR) is 94.2 cm³/mol. The summed E-state index contributed by atoms with van der Waals surface area (Å²) in [7, 11) is 5.06. The highest BCUT2D eigenvalue weighted by atomic mass is 32.1. The van der Waals surface area contributed by atoms with E-state index in [-0.39, 0.29) is 12.5 Å². The third kappa shape index (κ3) is 3.19. The number of hydrogen-bond acceptors (Lipinski definition) is 5. The monoisotopic (exact) mass is 345 g/mol. The number of hydrogen-bond donors (Lipinski definition) is 1. The van der Waals surface area contributed by atoms with Crippen LogP contribution < -0.4 is 5.32 Å². The molecule has 0 fully saturated rings. The molecule has 2 heterocycles. The Kier molecular flexibility index (Phi) is 4.94. The second kappa shape index (κ2) is 7.12. The number of nitrogens with one attached hydrogen (secondary N) is 1. The van der Waals surface area contributed by atoms with E-state index < -0.39 is 6.29 Å². The first-order valence-corrected chi connectivity index (χ1v) is 8.36. The lowest BCUT2D eigenvalue weighted by Gasteiger charge is -2.13. The number of nitrogens with zero attached hydrogens (tertiary/aromatic N) is 2. The Hall–Kier alpha value is -2.22. The maximum atomic E-state index is 12.2. The number of fused-ring (bicyclic) bond motifs is 1. The van der Waals surface area contributed by atoms with Gasteiger partial charge in [-0.05, 0) is 12.1 Å². The van der Waals surface area contributed by atoms with Crippen LogP contribution in [0.15, 0.2) is 35.7 Å². The number of aryl methyl sites for hydroxylation is 1. The SMILES string of the molecule is COC(CNC(=O)c1csc(-c2cc3ccccc3n2C)n1)OC. The van der Waals surface area contributed by atoms with E-state index >= 15 is 0 Å². The van der Waals surface area contributed by atoms with Crippen molar-refractivity contribution in [3.8, 4) is 10.7 Å². The molecule has 0 atom stereocenters. The molecule has 0 radical (unpaired) electrons. The lowest BCUT2D eigenvalue weighted by molar-refractivity contribution is -0.0974. The molecule has 3 rings (SSSR count). The summed E-state index contributed by atoms with van der Waals surface area (Å²) < 4.78 is 12.2.